The van der Waals surface area contributed by atoms with Crippen molar-refractivity contribution in [2.24, 2.45) is 0 Å². The van der Waals surface area contributed by atoms with Crippen molar-refractivity contribution in [1.82, 2.24) is 0 Å². The topological polar surface area (TPSA) is 18.5 Å². The number of alkyl halides is 2. The van der Waals surface area contributed by atoms with E-state index in [0.29, 0.717) is 23.7 Å². The van der Waals surface area contributed by atoms with Gasteiger partial charge in [-0.1, -0.05) is 65.8 Å². The van der Waals surface area contributed by atoms with Crippen LogP contribution < -0.4 is 9.47 Å². The van der Waals surface area contributed by atoms with Crippen LogP contribution >= 0.6 is 0 Å². The summed E-state index contributed by atoms with van der Waals surface area (Å²) in [5, 5.41) is 0. The highest BCUT2D eigenvalue weighted by Crippen LogP contribution is 2.30. The molecule has 0 aliphatic heterocycles. The van der Waals surface area contributed by atoms with Crippen LogP contribution in [0, 0.1) is 0 Å². The Hall–Kier alpha value is -2.10. The molecule has 0 aromatic heterocycles. The van der Waals surface area contributed by atoms with E-state index < -0.39 is 6.61 Å². The second-order valence-electron chi connectivity index (χ2n) is 7.70. The number of hydrogen-bond donors (Lipinski definition) is 0. The molecule has 150 valence electrons. The number of halogens is 2. The molecule has 0 saturated carbocycles. The normalized spacial score (nSPS) is 11.2. The fourth-order valence-electron chi connectivity index (χ4n) is 2.85. The summed E-state index contributed by atoms with van der Waals surface area (Å²) >= 11 is 0. The Morgan fingerprint density at radius 2 is 1.63 bits per heavy atom. The van der Waals surface area contributed by atoms with Crippen LogP contribution in [0.4, 0.5) is 8.78 Å². The van der Waals surface area contributed by atoms with Crippen LogP contribution in [-0.2, 0) is 11.8 Å². The summed E-state index contributed by atoms with van der Waals surface area (Å²) in [6.45, 7) is 10.4. The molecule has 0 fully saturated rings. The minimum atomic E-state index is -2.78. The average Bonchev–Trinajstić information content (AvgIpc) is 2.61. The van der Waals surface area contributed by atoms with Crippen LogP contribution in [0.2, 0.25) is 0 Å². The van der Waals surface area contributed by atoms with Crippen LogP contribution in [0.15, 0.2) is 42.5 Å². The lowest BCUT2D eigenvalue weighted by atomic mass is 9.81. The van der Waals surface area contributed by atoms with Crippen molar-refractivity contribution in [2.45, 2.75) is 65.9 Å². The van der Waals surface area contributed by atoms with Gasteiger partial charge in [0, 0.05) is 0 Å². The molecule has 0 atom stereocenters. The Bertz CT molecular complexity index is 704. The van der Waals surface area contributed by atoms with Crippen molar-refractivity contribution in [3.63, 3.8) is 0 Å². The average molecular weight is 379 g/mol. The van der Waals surface area contributed by atoms with Gasteiger partial charge in [0.1, 0.15) is 11.5 Å². The van der Waals surface area contributed by atoms with E-state index in [4.69, 9.17) is 4.74 Å². The van der Waals surface area contributed by atoms with Gasteiger partial charge in [0.15, 0.2) is 0 Å². The number of methoxy groups -OCH3 is 1. The van der Waals surface area contributed by atoms with E-state index in [1.807, 2.05) is 6.92 Å². The summed E-state index contributed by atoms with van der Waals surface area (Å²) in [7, 11) is 1.53. The van der Waals surface area contributed by atoms with Crippen molar-refractivity contribution in [3.8, 4) is 11.5 Å². The zero-order chi connectivity index (χ0) is 20.6. The van der Waals surface area contributed by atoms with E-state index >= 15 is 0 Å². The number of hydrogen-bond acceptors (Lipinski definition) is 2. The van der Waals surface area contributed by atoms with Gasteiger partial charge in [-0.2, -0.15) is 8.78 Å². The summed E-state index contributed by atoms with van der Waals surface area (Å²) in [5.74, 6) is 1.47. The molecule has 0 aliphatic carbocycles. The Morgan fingerprint density at radius 3 is 2.07 bits per heavy atom. The molecule has 0 radical (unpaired) electrons. The van der Waals surface area contributed by atoms with Crippen LogP contribution in [0.1, 0.15) is 64.2 Å². The highest BCUT2D eigenvalue weighted by atomic mass is 19.3. The van der Waals surface area contributed by atoms with Crippen LogP contribution in [0.3, 0.4) is 0 Å². The molecule has 27 heavy (non-hydrogen) atoms. The molecule has 2 nitrogen and oxygen atoms in total. The fraction of sp³-hybridized carbons (Fsp3) is 0.478. The van der Waals surface area contributed by atoms with Crippen LogP contribution in [0.5, 0.6) is 11.5 Å². The molecule has 2 aromatic rings. The molecule has 0 amide bonds. The highest BCUT2D eigenvalue weighted by Gasteiger charge is 2.18. The maximum atomic E-state index is 12.0. The van der Waals surface area contributed by atoms with Gasteiger partial charge >= 0.3 is 6.61 Å². The third-order valence-electron chi connectivity index (χ3n) is 4.26. The molecule has 0 spiro atoms. The maximum absolute atomic E-state index is 12.0. The predicted octanol–water partition coefficient (Wildman–Crippen LogP) is 6.97. The summed E-state index contributed by atoms with van der Waals surface area (Å²) in [5.41, 5.74) is 3.94. The van der Waals surface area contributed by atoms with Crippen molar-refractivity contribution in [1.29, 1.82) is 0 Å². The first-order valence-electron chi connectivity index (χ1n) is 9.31. The zero-order valence-electron chi connectivity index (χ0n) is 17.5. The molecular weight excluding hydrogens is 346 g/mol. The Balaban J connectivity index is 0.000000271. The zero-order valence-corrected chi connectivity index (χ0v) is 17.5. The molecule has 0 heterocycles. The number of rotatable bonds is 5. The molecule has 0 saturated heterocycles. The van der Waals surface area contributed by atoms with Crippen molar-refractivity contribution < 1.29 is 18.3 Å². The first kappa shape index (κ1) is 22.9. The number of aryl methyl sites for hydroxylation is 1. The molecule has 0 aliphatic rings. The Kier molecular flexibility index (Phi) is 8.74. The lowest BCUT2D eigenvalue weighted by Crippen LogP contribution is -2.14. The Morgan fingerprint density at radius 1 is 1.00 bits per heavy atom. The lowest BCUT2D eigenvalue weighted by Gasteiger charge is -2.24. The van der Waals surface area contributed by atoms with E-state index in [-0.39, 0.29) is 11.2 Å². The SMILES string of the molecule is CC(C)c1ccccc1C(C)(C)C.CCc1cc(OC)ccc1OC(F)F. The lowest BCUT2D eigenvalue weighted by molar-refractivity contribution is -0.0504. The van der Waals surface area contributed by atoms with Crippen LogP contribution in [0.25, 0.3) is 0 Å². The fourth-order valence-corrected chi connectivity index (χ4v) is 2.85. The molecule has 0 bridgehead atoms. The monoisotopic (exact) mass is 378 g/mol. The van der Waals surface area contributed by atoms with Gasteiger partial charge in [0.2, 0.25) is 0 Å². The summed E-state index contributed by atoms with van der Waals surface area (Å²) < 4.78 is 33.3. The number of benzene rings is 2. The third-order valence-corrected chi connectivity index (χ3v) is 4.26. The smallest absolute Gasteiger partial charge is 0.387 e. The molecule has 4 heteroatoms. The minimum Gasteiger partial charge on any atom is -0.497 e. The largest absolute Gasteiger partial charge is 0.497 e. The van der Waals surface area contributed by atoms with Crippen molar-refractivity contribution in [2.75, 3.05) is 7.11 Å². The van der Waals surface area contributed by atoms with Gasteiger partial charge in [0.25, 0.3) is 0 Å². The van der Waals surface area contributed by atoms with Gasteiger partial charge in [0.05, 0.1) is 7.11 Å². The van der Waals surface area contributed by atoms with Gasteiger partial charge in [-0.15, -0.1) is 0 Å². The Labute approximate surface area is 162 Å². The van der Waals surface area contributed by atoms with E-state index in [9.17, 15) is 8.78 Å². The molecular formula is C23H32F2O2. The molecule has 0 unspecified atom stereocenters. The van der Waals surface area contributed by atoms with Crippen LogP contribution in [-0.4, -0.2) is 13.7 Å². The van der Waals surface area contributed by atoms with E-state index in [1.54, 1.807) is 12.1 Å². The summed E-state index contributed by atoms with van der Waals surface area (Å²) in [4.78, 5) is 0. The van der Waals surface area contributed by atoms with E-state index in [0.717, 1.165) is 0 Å². The van der Waals surface area contributed by atoms with Gasteiger partial charge in [-0.3, -0.25) is 0 Å². The highest BCUT2D eigenvalue weighted by molar-refractivity contribution is 5.40. The first-order valence-corrected chi connectivity index (χ1v) is 9.31. The van der Waals surface area contributed by atoms with Crippen molar-refractivity contribution in [3.05, 3.63) is 59.2 Å². The van der Waals surface area contributed by atoms with E-state index in [1.165, 1.54) is 24.3 Å². The predicted molar refractivity (Wildman–Crippen MR) is 108 cm³/mol. The van der Waals surface area contributed by atoms with Gasteiger partial charge in [-0.25, -0.2) is 0 Å². The summed E-state index contributed by atoms with van der Waals surface area (Å²) in [6.07, 6.45) is 0.624. The second kappa shape index (κ2) is 10.3. The third kappa shape index (κ3) is 7.20. The molecule has 0 N–H and O–H groups in total. The van der Waals surface area contributed by atoms with E-state index in [2.05, 4.69) is 63.6 Å². The quantitative estimate of drug-likeness (QED) is 0.559. The standard InChI is InChI=1S/C13H20.C10H12F2O2/c1-10(2)11-8-6-7-9-12(11)13(3,4)5;1-3-7-6-8(13-2)4-5-9(7)14-10(11)12/h6-10H,1-5H3;4-6,10H,3H2,1-2H3. The molecule has 2 rings (SSSR count). The minimum absolute atomic E-state index is 0.211. The van der Waals surface area contributed by atoms with Gasteiger partial charge in [-0.05, 0) is 52.6 Å². The number of ether oxygens (including phenoxy) is 2. The van der Waals surface area contributed by atoms with Crippen molar-refractivity contribution >= 4 is 0 Å². The molecule has 2 aromatic carbocycles. The summed E-state index contributed by atoms with van der Waals surface area (Å²) in [6, 6.07) is 13.5. The maximum Gasteiger partial charge on any atom is 0.387 e. The first-order chi connectivity index (χ1) is 12.6. The van der Waals surface area contributed by atoms with Gasteiger partial charge < -0.3 is 9.47 Å². The second-order valence-corrected chi connectivity index (χ2v) is 7.70.